The molecule has 2 atom stereocenters. The van der Waals surface area contributed by atoms with Crippen LogP contribution in [0.4, 0.5) is 0 Å². The summed E-state index contributed by atoms with van der Waals surface area (Å²) >= 11 is 0. The van der Waals surface area contributed by atoms with Crippen LogP contribution in [0, 0.1) is 5.92 Å². The molecule has 2 nitrogen and oxygen atoms in total. The minimum Gasteiger partial charge on any atom is -0.330 e. The third kappa shape index (κ3) is 4.52. The number of nitrogens with two attached hydrogens (primary N) is 1. The van der Waals surface area contributed by atoms with Gasteiger partial charge in [0.1, 0.15) is 0 Å². The second kappa shape index (κ2) is 7.24. The molecule has 0 amide bonds. The van der Waals surface area contributed by atoms with Gasteiger partial charge in [0.15, 0.2) is 0 Å². The lowest BCUT2D eigenvalue weighted by Crippen LogP contribution is -2.41. The van der Waals surface area contributed by atoms with Crippen molar-refractivity contribution in [1.82, 2.24) is 4.90 Å². The maximum atomic E-state index is 5.55. The van der Waals surface area contributed by atoms with Crippen LogP contribution >= 0.6 is 0 Å². The fourth-order valence-electron chi connectivity index (χ4n) is 2.72. The highest BCUT2D eigenvalue weighted by Crippen LogP contribution is 2.21. The summed E-state index contributed by atoms with van der Waals surface area (Å²) in [5, 5.41) is 0. The zero-order valence-electron chi connectivity index (χ0n) is 10.5. The van der Waals surface area contributed by atoms with E-state index >= 15 is 0 Å². The molecule has 0 aliphatic carbocycles. The summed E-state index contributed by atoms with van der Waals surface area (Å²) in [7, 11) is 0. The molecule has 2 unspecified atom stereocenters. The molecule has 1 saturated heterocycles. The molecule has 1 heterocycles. The van der Waals surface area contributed by atoms with E-state index in [0.717, 1.165) is 18.5 Å². The molecular weight excluding hydrogens is 184 g/mol. The largest absolute Gasteiger partial charge is 0.330 e. The molecule has 0 radical (unpaired) electrons. The van der Waals surface area contributed by atoms with Gasteiger partial charge in [-0.15, -0.1) is 0 Å². The molecule has 2 N–H and O–H groups in total. The van der Waals surface area contributed by atoms with Crippen LogP contribution in [-0.2, 0) is 0 Å². The highest BCUT2D eigenvalue weighted by molar-refractivity contribution is 4.77. The van der Waals surface area contributed by atoms with Crippen molar-refractivity contribution < 1.29 is 0 Å². The Labute approximate surface area is 95.2 Å². The SMILES string of the molecule is CCC1CCCCN1CC(C)CCCN. The van der Waals surface area contributed by atoms with Gasteiger partial charge in [0.05, 0.1) is 0 Å². The number of likely N-dealkylation sites (tertiary alicyclic amines) is 1. The number of rotatable bonds is 6. The molecule has 1 rings (SSSR count). The Kier molecular flexibility index (Phi) is 6.26. The lowest BCUT2D eigenvalue weighted by molar-refractivity contribution is 0.122. The summed E-state index contributed by atoms with van der Waals surface area (Å²) in [6.45, 7) is 8.16. The molecule has 0 aromatic carbocycles. The van der Waals surface area contributed by atoms with E-state index in [2.05, 4.69) is 18.7 Å². The quantitative estimate of drug-likeness (QED) is 0.733. The van der Waals surface area contributed by atoms with Gasteiger partial charge in [0.25, 0.3) is 0 Å². The molecule has 2 heteroatoms. The predicted molar refractivity (Wildman–Crippen MR) is 67.0 cm³/mol. The van der Waals surface area contributed by atoms with Gasteiger partial charge in [-0.2, -0.15) is 0 Å². The zero-order valence-corrected chi connectivity index (χ0v) is 10.5. The van der Waals surface area contributed by atoms with Crippen LogP contribution in [0.3, 0.4) is 0 Å². The van der Waals surface area contributed by atoms with Crippen molar-refractivity contribution in [3.05, 3.63) is 0 Å². The van der Waals surface area contributed by atoms with Crippen LogP contribution in [0.2, 0.25) is 0 Å². The summed E-state index contributed by atoms with van der Waals surface area (Å²) < 4.78 is 0. The maximum Gasteiger partial charge on any atom is 0.00927 e. The van der Waals surface area contributed by atoms with Gasteiger partial charge in [0.2, 0.25) is 0 Å². The first-order valence-corrected chi connectivity index (χ1v) is 6.72. The van der Waals surface area contributed by atoms with Crippen LogP contribution in [0.15, 0.2) is 0 Å². The molecule has 1 aliphatic rings. The maximum absolute atomic E-state index is 5.55. The molecule has 1 aliphatic heterocycles. The Bertz CT molecular complexity index is 159. The third-order valence-corrected chi connectivity index (χ3v) is 3.67. The second-order valence-corrected chi connectivity index (χ2v) is 5.09. The van der Waals surface area contributed by atoms with E-state index in [-0.39, 0.29) is 0 Å². The van der Waals surface area contributed by atoms with Gasteiger partial charge < -0.3 is 10.6 Å². The van der Waals surface area contributed by atoms with E-state index in [4.69, 9.17) is 5.73 Å². The molecule has 0 aromatic rings. The second-order valence-electron chi connectivity index (χ2n) is 5.09. The van der Waals surface area contributed by atoms with E-state index in [1.165, 1.54) is 51.6 Å². The van der Waals surface area contributed by atoms with Crippen molar-refractivity contribution in [3.8, 4) is 0 Å². The van der Waals surface area contributed by atoms with Crippen molar-refractivity contribution in [2.45, 2.75) is 58.4 Å². The molecule has 0 saturated carbocycles. The molecular formula is C13H28N2. The van der Waals surface area contributed by atoms with Crippen molar-refractivity contribution in [1.29, 1.82) is 0 Å². The van der Waals surface area contributed by atoms with Crippen molar-refractivity contribution in [2.75, 3.05) is 19.6 Å². The number of hydrogen-bond acceptors (Lipinski definition) is 2. The summed E-state index contributed by atoms with van der Waals surface area (Å²) in [6, 6.07) is 0.860. The molecule has 0 spiro atoms. The topological polar surface area (TPSA) is 29.3 Å². The smallest absolute Gasteiger partial charge is 0.00927 e. The third-order valence-electron chi connectivity index (χ3n) is 3.67. The van der Waals surface area contributed by atoms with Gasteiger partial charge in [-0.1, -0.05) is 20.3 Å². The number of piperidine rings is 1. The van der Waals surface area contributed by atoms with Gasteiger partial charge in [-0.05, 0) is 51.1 Å². The van der Waals surface area contributed by atoms with Crippen molar-refractivity contribution in [2.24, 2.45) is 11.7 Å². The lowest BCUT2D eigenvalue weighted by atomic mass is 9.97. The van der Waals surface area contributed by atoms with Gasteiger partial charge in [0, 0.05) is 12.6 Å². The molecule has 15 heavy (non-hydrogen) atoms. The van der Waals surface area contributed by atoms with Crippen LogP contribution in [0.5, 0.6) is 0 Å². The average Bonchev–Trinajstić information content (AvgIpc) is 2.27. The Balaban J connectivity index is 2.27. The summed E-state index contributed by atoms with van der Waals surface area (Å²) in [5.41, 5.74) is 5.55. The van der Waals surface area contributed by atoms with Gasteiger partial charge in [-0.25, -0.2) is 0 Å². The van der Waals surface area contributed by atoms with Crippen LogP contribution in [0.25, 0.3) is 0 Å². The molecule has 90 valence electrons. The van der Waals surface area contributed by atoms with E-state index in [1.807, 2.05) is 0 Å². The normalized spacial score (nSPS) is 25.4. The molecule has 0 aromatic heterocycles. The highest BCUT2D eigenvalue weighted by atomic mass is 15.2. The van der Waals surface area contributed by atoms with Gasteiger partial charge in [-0.3, -0.25) is 0 Å². The molecule has 0 bridgehead atoms. The predicted octanol–water partition coefficient (Wildman–Crippen LogP) is 2.63. The number of hydrogen-bond donors (Lipinski definition) is 1. The minimum atomic E-state index is 0.820. The monoisotopic (exact) mass is 212 g/mol. The summed E-state index contributed by atoms with van der Waals surface area (Å²) in [4.78, 5) is 2.71. The minimum absolute atomic E-state index is 0.820. The van der Waals surface area contributed by atoms with E-state index in [1.54, 1.807) is 0 Å². The Morgan fingerprint density at radius 1 is 1.40 bits per heavy atom. The van der Waals surface area contributed by atoms with Crippen LogP contribution in [0.1, 0.15) is 52.4 Å². The Morgan fingerprint density at radius 3 is 2.87 bits per heavy atom. The summed E-state index contributed by atoms with van der Waals surface area (Å²) in [5.74, 6) is 0.820. The van der Waals surface area contributed by atoms with E-state index in [0.29, 0.717) is 0 Å². The first kappa shape index (κ1) is 13.0. The highest BCUT2D eigenvalue weighted by Gasteiger charge is 2.21. The fraction of sp³-hybridized carbons (Fsp3) is 1.00. The van der Waals surface area contributed by atoms with E-state index < -0.39 is 0 Å². The summed E-state index contributed by atoms with van der Waals surface area (Å²) in [6.07, 6.45) is 8.06. The average molecular weight is 212 g/mol. The standard InChI is InChI=1S/C13H28N2/c1-3-13-8-4-5-10-15(13)11-12(2)7-6-9-14/h12-13H,3-11,14H2,1-2H3. The zero-order chi connectivity index (χ0) is 11.1. The number of nitrogens with zero attached hydrogens (tertiary/aromatic N) is 1. The first-order valence-electron chi connectivity index (χ1n) is 6.72. The first-order chi connectivity index (χ1) is 7.27. The van der Waals surface area contributed by atoms with Crippen LogP contribution < -0.4 is 5.73 Å². The fourth-order valence-corrected chi connectivity index (χ4v) is 2.72. The Morgan fingerprint density at radius 2 is 2.20 bits per heavy atom. The molecule has 1 fully saturated rings. The van der Waals surface area contributed by atoms with E-state index in [9.17, 15) is 0 Å². The lowest BCUT2D eigenvalue weighted by Gasteiger charge is -2.36. The van der Waals surface area contributed by atoms with Crippen molar-refractivity contribution in [3.63, 3.8) is 0 Å². The Hall–Kier alpha value is -0.0800. The van der Waals surface area contributed by atoms with Crippen LogP contribution in [-0.4, -0.2) is 30.6 Å². The van der Waals surface area contributed by atoms with Gasteiger partial charge >= 0.3 is 0 Å². The van der Waals surface area contributed by atoms with Crippen molar-refractivity contribution >= 4 is 0 Å².